The Hall–Kier alpha value is -2.86. The van der Waals surface area contributed by atoms with Gasteiger partial charge in [-0.3, -0.25) is 9.59 Å². The number of nitrogens with one attached hydrogen (secondary N) is 2. The second-order valence-corrected chi connectivity index (χ2v) is 6.18. The van der Waals surface area contributed by atoms with Crippen LogP contribution in [0, 0.1) is 0 Å². The van der Waals surface area contributed by atoms with Gasteiger partial charge in [0.05, 0.1) is 17.9 Å². The number of hydrogen-bond donors (Lipinski definition) is 2. The quantitative estimate of drug-likeness (QED) is 0.577. The summed E-state index contributed by atoms with van der Waals surface area (Å²) >= 11 is 0. The molecule has 0 fully saturated rings. The van der Waals surface area contributed by atoms with E-state index in [0.29, 0.717) is 48.9 Å². The van der Waals surface area contributed by atoms with Crippen molar-refractivity contribution in [1.82, 2.24) is 5.32 Å². The predicted molar refractivity (Wildman–Crippen MR) is 110 cm³/mol. The third kappa shape index (κ3) is 6.70. The summed E-state index contributed by atoms with van der Waals surface area (Å²) in [5.74, 6) is 0.0966. The monoisotopic (exact) mass is 384 g/mol. The van der Waals surface area contributed by atoms with Crippen LogP contribution in [0.3, 0.4) is 0 Å². The van der Waals surface area contributed by atoms with Gasteiger partial charge in [-0.25, -0.2) is 0 Å². The summed E-state index contributed by atoms with van der Waals surface area (Å²) in [6.45, 7) is 6.14. The van der Waals surface area contributed by atoms with Gasteiger partial charge in [-0.05, 0) is 43.7 Å². The fourth-order valence-corrected chi connectivity index (χ4v) is 2.55. The fraction of sp³-hybridized carbons (Fsp3) is 0.364. The normalized spacial score (nSPS) is 10.4. The van der Waals surface area contributed by atoms with E-state index in [4.69, 9.17) is 9.47 Å². The lowest BCUT2D eigenvalue weighted by atomic mass is 10.1. The van der Waals surface area contributed by atoms with Crippen molar-refractivity contribution < 1.29 is 19.1 Å². The number of unbranched alkanes of at least 4 members (excludes halogenated alkanes) is 1. The summed E-state index contributed by atoms with van der Waals surface area (Å²) in [6.07, 6.45) is 1.91. The van der Waals surface area contributed by atoms with Crippen LogP contribution in [0.15, 0.2) is 48.5 Å². The van der Waals surface area contributed by atoms with Gasteiger partial charge in [0.25, 0.3) is 11.8 Å². The SMILES string of the molecule is CCCCNC(=O)c1ccccc1NC(=O)c1cccc(OCCOCC)c1. The number of carbonyl (C=O) groups excluding carboxylic acids is 2. The Labute approximate surface area is 166 Å². The molecule has 150 valence electrons. The summed E-state index contributed by atoms with van der Waals surface area (Å²) in [6, 6.07) is 13.9. The van der Waals surface area contributed by atoms with Crippen LogP contribution in [0.5, 0.6) is 5.75 Å². The highest BCUT2D eigenvalue weighted by Gasteiger charge is 2.14. The Morgan fingerprint density at radius 2 is 1.79 bits per heavy atom. The first-order valence-electron chi connectivity index (χ1n) is 9.64. The lowest BCUT2D eigenvalue weighted by Crippen LogP contribution is -2.26. The van der Waals surface area contributed by atoms with E-state index in [-0.39, 0.29) is 11.8 Å². The summed E-state index contributed by atoms with van der Waals surface area (Å²) in [5.41, 5.74) is 1.37. The maximum absolute atomic E-state index is 12.7. The first-order chi connectivity index (χ1) is 13.7. The molecular weight excluding hydrogens is 356 g/mol. The molecular formula is C22H28N2O4. The molecule has 0 saturated carbocycles. The van der Waals surface area contributed by atoms with E-state index in [1.54, 1.807) is 48.5 Å². The molecule has 2 N–H and O–H groups in total. The molecule has 6 nitrogen and oxygen atoms in total. The van der Waals surface area contributed by atoms with Gasteiger partial charge < -0.3 is 20.1 Å². The van der Waals surface area contributed by atoms with Crippen LogP contribution < -0.4 is 15.4 Å². The summed E-state index contributed by atoms with van der Waals surface area (Å²) in [5, 5.41) is 5.70. The van der Waals surface area contributed by atoms with E-state index in [0.717, 1.165) is 12.8 Å². The van der Waals surface area contributed by atoms with Gasteiger partial charge in [0.15, 0.2) is 0 Å². The standard InChI is InChI=1S/C22H28N2O4/c1-3-5-13-23-22(26)19-11-6-7-12-20(19)24-21(25)17-9-8-10-18(16-17)28-15-14-27-4-2/h6-12,16H,3-5,13-15H2,1-2H3,(H,23,26)(H,24,25). The molecule has 0 unspecified atom stereocenters. The molecule has 0 bridgehead atoms. The molecule has 6 heteroatoms. The molecule has 0 saturated heterocycles. The van der Waals surface area contributed by atoms with Crippen LogP contribution in [0.25, 0.3) is 0 Å². The number of anilines is 1. The van der Waals surface area contributed by atoms with E-state index in [2.05, 4.69) is 17.6 Å². The van der Waals surface area contributed by atoms with Crippen LogP contribution in [0.1, 0.15) is 47.4 Å². The number of amides is 2. The molecule has 0 aliphatic heterocycles. The molecule has 28 heavy (non-hydrogen) atoms. The van der Waals surface area contributed by atoms with Crippen molar-refractivity contribution in [1.29, 1.82) is 0 Å². The van der Waals surface area contributed by atoms with Crippen LogP contribution >= 0.6 is 0 Å². The molecule has 0 aliphatic carbocycles. The summed E-state index contributed by atoms with van der Waals surface area (Å²) < 4.78 is 10.8. The third-order valence-corrected chi connectivity index (χ3v) is 4.03. The van der Waals surface area contributed by atoms with Crippen molar-refractivity contribution >= 4 is 17.5 Å². The topological polar surface area (TPSA) is 76.7 Å². The van der Waals surface area contributed by atoms with Gasteiger partial charge >= 0.3 is 0 Å². The molecule has 2 rings (SSSR count). The number of para-hydroxylation sites is 1. The molecule has 0 aromatic heterocycles. The number of benzene rings is 2. The van der Waals surface area contributed by atoms with Crippen molar-refractivity contribution in [3.63, 3.8) is 0 Å². The fourth-order valence-electron chi connectivity index (χ4n) is 2.55. The molecule has 0 radical (unpaired) electrons. The molecule has 2 aromatic carbocycles. The lowest BCUT2D eigenvalue weighted by Gasteiger charge is -2.12. The first-order valence-corrected chi connectivity index (χ1v) is 9.64. The highest BCUT2D eigenvalue weighted by molar-refractivity contribution is 6.09. The zero-order valence-corrected chi connectivity index (χ0v) is 16.5. The van der Waals surface area contributed by atoms with E-state index < -0.39 is 0 Å². The molecule has 0 atom stereocenters. The van der Waals surface area contributed by atoms with Gasteiger partial charge in [0, 0.05) is 18.7 Å². The van der Waals surface area contributed by atoms with E-state index in [1.165, 1.54) is 0 Å². The Balaban J connectivity index is 2.04. The molecule has 0 heterocycles. The minimum atomic E-state index is -0.302. The first kappa shape index (κ1) is 21.4. The van der Waals surface area contributed by atoms with Gasteiger partial charge in [-0.2, -0.15) is 0 Å². The molecule has 2 aromatic rings. The highest BCUT2D eigenvalue weighted by atomic mass is 16.5. The van der Waals surface area contributed by atoms with Crippen LogP contribution in [-0.4, -0.2) is 38.2 Å². The number of carbonyl (C=O) groups is 2. The van der Waals surface area contributed by atoms with Crippen molar-refractivity contribution in [2.75, 3.05) is 31.7 Å². The highest BCUT2D eigenvalue weighted by Crippen LogP contribution is 2.18. The summed E-state index contributed by atoms with van der Waals surface area (Å²) in [7, 11) is 0. The smallest absolute Gasteiger partial charge is 0.255 e. The zero-order valence-electron chi connectivity index (χ0n) is 16.5. The average Bonchev–Trinajstić information content (AvgIpc) is 2.72. The number of ether oxygens (including phenoxy) is 2. The van der Waals surface area contributed by atoms with E-state index >= 15 is 0 Å². The molecule has 0 aliphatic rings. The summed E-state index contributed by atoms with van der Waals surface area (Å²) in [4.78, 5) is 25.0. The average molecular weight is 384 g/mol. The van der Waals surface area contributed by atoms with Crippen molar-refractivity contribution in [2.24, 2.45) is 0 Å². The Bertz CT molecular complexity index is 777. The third-order valence-electron chi connectivity index (χ3n) is 4.03. The largest absolute Gasteiger partial charge is 0.491 e. The van der Waals surface area contributed by atoms with Gasteiger partial charge in [-0.1, -0.05) is 31.5 Å². The van der Waals surface area contributed by atoms with Gasteiger partial charge in [-0.15, -0.1) is 0 Å². The van der Waals surface area contributed by atoms with Crippen molar-refractivity contribution in [2.45, 2.75) is 26.7 Å². The zero-order chi connectivity index (χ0) is 20.2. The second-order valence-electron chi connectivity index (χ2n) is 6.18. The van der Waals surface area contributed by atoms with E-state index in [1.807, 2.05) is 6.92 Å². The Morgan fingerprint density at radius 1 is 0.964 bits per heavy atom. The predicted octanol–water partition coefficient (Wildman–Crippen LogP) is 3.88. The minimum absolute atomic E-state index is 0.197. The van der Waals surface area contributed by atoms with E-state index in [9.17, 15) is 9.59 Å². The Kier molecular flexibility index (Phi) is 9.01. The number of hydrogen-bond acceptors (Lipinski definition) is 4. The number of rotatable bonds is 11. The molecule has 2 amide bonds. The van der Waals surface area contributed by atoms with Crippen LogP contribution in [0.4, 0.5) is 5.69 Å². The minimum Gasteiger partial charge on any atom is -0.491 e. The lowest BCUT2D eigenvalue weighted by molar-refractivity contribution is 0.0954. The van der Waals surface area contributed by atoms with Crippen LogP contribution in [0.2, 0.25) is 0 Å². The Morgan fingerprint density at radius 3 is 2.57 bits per heavy atom. The van der Waals surface area contributed by atoms with Gasteiger partial charge in [0.2, 0.25) is 0 Å². The van der Waals surface area contributed by atoms with Crippen LogP contribution in [-0.2, 0) is 4.74 Å². The second kappa shape index (κ2) is 11.8. The molecule has 0 spiro atoms. The van der Waals surface area contributed by atoms with Crippen molar-refractivity contribution in [3.05, 3.63) is 59.7 Å². The maximum atomic E-state index is 12.7. The maximum Gasteiger partial charge on any atom is 0.255 e. The van der Waals surface area contributed by atoms with Gasteiger partial charge in [0.1, 0.15) is 12.4 Å². The van der Waals surface area contributed by atoms with Crippen molar-refractivity contribution in [3.8, 4) is 5.75 Å².